The number of carbonyl (C=O) groups excluding carboxylic acids is 1. The molecule has 124 valence electrons. The summed E-state index contributed by atoms with van der Waals surface area (Å²) < 4.78 is 24.3. The van der Waals surface area contributed by atoms with E-state index in [4.69, 9.17) is 9.47 Å². The molecule has 2 aliphatic heterocycles. The van der Waals surface area contributed by atoms with E-state index in [1.54, 1.807) is 0 Å². The quantitative estimate of drug-likeness (QED) is 0.910. The molecule has 6 heteroatoms. The number of anilines is 1. The third-order valence-electron chi connectivity index (χ3n) is 4.29. The lowest BCUT2D eigenvalue weighted by Crippen LogP contribution is -2.28. The lowest BCUT2D eigenvalue weighted by molar-refractivity contribution is 0.251. The summed E-state index contributed by atoms with van der Waals surface area (Å²) in [6.45, 7) is 1.68. The molecule has 0 saturated heterocycles. The Balaban J connectivity index is 1.48. The Labute approximate surface area is 138 Å². The standard InChI is InChI=1S/C18H17FN2O3/c19-12-1-3-13(4-2-12)21-18(22)20-10-15-14-6-8-23-16(14)9-11-5-7-24-17(11)15/h1-4,9H,5-8,10H2,(H2,20,21,22). The molecule has 0 radical (unpaired) electrons. The summed E-state index contributed by atoms with van der Waals surface area (Å²) in [5.41, 5.74) is 3.77. The van der Waals surface area contributed by atoms with E-state index in [9.17, 15) is 9.18 Å². The van der Waals surface area contributed by atoms with Crippen LogP contribution in [0.25, 0.3) is 0 Å². The first-order chi connectivity index (χ1) is 11.7. The van der Waals surface area contributed by atoms with Crippen LogP contribution in [0.15, 0.2) is 30.3 Å². The van der Waals surface area contributed by atoms with Gasteiger partial charge in [0, 0.05) is 41.8 Å². The maximum atomic E-state index is 12.9. The Bertz CT molecular complexity index is 758. The molecule has 2 aromatic carbocycles. The van der Waals surface area contributed by atoms with Crippen LogP contribution in [0.1, 0.15) is 16.7 Å². The van der Waals surface area contributed by atoms with Crippen LogP contribution >= 0.6 is 0 Å². The summed E-state index contributed by atoms with van der Waals surface area (Å²) in [6, 6.07) is 7.35. The third-order valence-corrected chi connectivity index (χ3v) is 4.29. The zero-order valence-corrected chi connectivity index (χ0v) is 13.0. The Kier molecular flexibility index (Phi) is 3.72. The largest absolute Gasteiger partial charge is 0.493 e. The number of hydrogen-bond acceptors (Lipinski definition) is 3. The average molecular weight is 328 g/mol. The number of amides is 2. The van der Waals surface area contributed by atoms with Gasteiger partial charge in [0.1, 0.15) is 17.3 Å². The lowest BCUT2D eigenvalue weighted by atomic mass is 9.99. The number of fused-ring (bicyclic) bond motifs is 2. The van der Waals surface area contributed by atoms with Gasteiger partial charge < -0.3 is 20.1 Å². The first kappa shape index (κ1) is 14.8. The summed E-state index contributed by atoms with van der Waals surface area (Å²) in [6.07, 6.45) is 1.68. The van der Waals surface area contributed by atoms with Crippen molar-refractivity contribution in [3.05, 3.63) is 52.8 Å². The van der Waals surface area contributed by atoms with Gasteiger partial charge in [-0.25, -0.2) is 9.18 Å². The second-order valence-electron chi connectivity index (χ2n) is 5.83. The molecule has 0 atom stereocenters. The molecule has 0 aliphatic carbocycles. The number of ether oxygens (including phenoxy) is 2. The van der Waals surface area contributed by atoms with Crippen molar-refractivity contribution < 1.29 is 18.7 Å². The molecule has 0 spiro atoms. The van der Waals surface area contributed by atoms with Gasteiger partial charge in [0.05, 0.1) is 13.2 Å². The van der Waals surface area contributed by atoms with Gasteiger partial charge in [0.2, 0.25) is 0 Å². The van der Waals surface area contributed by atoms with Crippen LogP contribution in [0, 0.1) is 5.82 Å². The van der Waals surface area contributed by atoms with E-state index in [1.165, 1.54) is 24.3 Å². The SMILES string of the molecule is O=C(NCc1c2c(cc3c1OCC3)OCC2)Nc1ccc(F)cc1. The van der Waals surface area contributed by atoms with Gasteiger partial charge in [-0.05, 0) is 30.3 Å². The maximum Gasteiger partial charge on any atom is 0.319 e. The van der Waals surface area contributed by atoms with Crippen molar-refractivity contribution in [2.24, 2.45) is 0 Å². The van der Waals surface area contributed by atoms with E-state index >= 15 is 0 Å². The van der Waals surface area contributed by atoms with Crippen LogP contribution in [0.4, 0.5) is 14.9 Å². The molecule has 4 rings (SSSR count). The van der Waals surface area contributed by atoms with Crippen molar-refractivity contribution in [3.63, 3.8) is 0 Å². The minimum atomic E-state index is -0.343. The minimum absolute atomic E-state index is 0.339. The lowest BCUT2D eigenvalue weighted by Gasteiger charge is -2.14. The smallest absolute Gasteiger partial charge is 0.319 e. The average Bonchev–Trinajstić information content (AvgIpc) is 3.22. The van der Waals surface area contributed by atoms with Gasteiger partial charge in [0.15, 0.2) is 0 Å². The molecule has 24 heavy (non-hydrogen) atoms. The van der Waals surface area contributed by atoms with Crippen LogP contribution in [0.5, 0.6) is 11.5 Å². The fourth-order valence-electron chi connectivity index (χ4n) is 3.15. The highest BCUT2D eigenvalue weighted by molar-refractivity contribution is 5.89. The fourth-order valence-corrected chi connectivity index (χ4v) is 3.15. The fraction of sp³-hybridized carbons (Fsp3) is 0.278. The van der Waals surface area contributed by atoms with Crippen molar-refractivity contribution in [3.8, 4) is 11.5 Å². The number of rotatable bonds is 3. The summed E-state index contributed by atoms with van der Waals surface area (Å²) in [5.74, 6) is 1.44. The van der Waals surface area contributed by atoms with E-state index in [1.807, 2.05) is 6.07 Å². The zero-order chi connectivity index (χ0) is 16.5. The van der Waals surface area contributed by atoms with Gasteiger partial charge in [0.25, 0.3) is 0 Å². The molecule has 0 aromatic heterocycles. The van der Waals surface area contributed by atoms with Crippen LogP contribution in [-0.2, 0) is 19.4 Å². The maximum absolute atomic E-state index is 12.9. The van der Waals surface area contributed by atoms with Crippen molar-refractivity contribution >= 4 is 11.7 Å². The number of halogens is 1. The molecule has 2 heterocycles. The molecule has 2 aromatic rings. The Hall–Kier alpha value is -2.76. The van der Waals surface area contributed by atoms with Gasteiger partial charge in [-0.1, -0.05) is 0 Å². The third kappa shape index (κ3) is 2.75. The summed E-state index contributed by atoms with van der Waals surface area (Å²) in [5, 5.41) is 5.53. The van der Waals surface area contributed by atoms with Gasteiger partial charge in [-0.2, -0.15) is 0 Å². The monoisotopic (exact) mass is 328 g/mol. The van der Waals surface area contributed by atoms with Gasteiger partial charge in [-0.3, -0.25) is 0 Å². The van der Waals surface area contributed by atoms with E-state index in [0.29, 0.717) is 25.4 Å². The van der Waals surface area contributed by atoms with Gasteiger partial charge >= 0.3 is 6.03 Å². The van der Waals surface area contributed by atoms with Crippen molar-refractivity contribution in [2.75, 3.05) is 18.5 Å². The number of urea groups is 1. The second-order valence-corrected chi connectivity index (χ2v) is 5.83. The molecular weight excluding hydrogens is 311 g/mol. The zero-order valence-electron chi connectivity index (χ0n) is 13.0. The van der Waals surface area contributed by atoms with Crippen LogP contribution in [0.3, 0.4) is 0 Å². The predicted molar refractivity (Wildman–Crippen MR) is 87.1 cm³/mol. The van der Waals surface area contributed by atoms with E-state index in [0.717, 1.165) is 41.0 Å². The van der Waals surface area contributed by atoms with Gasteiger partial charge in [-0.15, -0.1) is 0 Å². The number of hydrogen-bond donors (Lipinski definition) is 2. The molecule has 0 bridgehead atoms. The normalized spacial score (nSPS) is 14.4. The summed E-state index contributed by atoms with van der Waals surface area (Å²) >= 11 is 0. The predicted octanol–water partition coefficient (Wildman–Crippen LogP) is 3.02. The molecule has 5 nitrogen and oxygen atoms in total. The highest BCUT2D eigenvalue weighted by atomic mass is 19.1. The highest BCUT2D eigenvalue weighted by Crippen LogP contribution is 2.40. The number of carbonyl (C=O) groups is 1. The van der Waals surface area contributed by atoms with E-state index < -0.39 is 0 Å². The minimum Gasteiger partial charge on any atom is -0.493 e. The molecule has 2 amide bonds. The Morgan fingerprint density at radius 1 is 1.12 bits per heavy atom. The van der Waals surface area contributed by atoms with Crippen LogP contribution in [-0.4, -0.2) is 19.2 Å². The first-order valence-corrected chi connectivity index (χ1v) is 7.94. The Morgan fingerprint density at radius 2 is 1.92 bits per heavy atom. The van der Waals surface area contributed by atoms with E-state index in [2.05, 4.69) is 10.6 Å². The first-order valence-electron chi connectivity index (χ1n) is 7.94. The molecule has 0 fully saturated rings. The summed E-state index contributed by atoms with van der Waals surface area (Å²) in [7, 11) is 0. The van der Waals surface area contributed by atoms with Crippen molar-refractivity contribution in [1.82, 2.24) is 5.32 Å². The number of nitrogens with one attached hydrogen (secondary N) is 2. The molecular formula is C18H17FN2O3. The van der Waals surface area contributed by atoms with E-state index in [-0.39, 0.29) is 11.8 Å². The molecule has 2 aliphatic rings. The molecule has 2 N–H and O–H groups in total. The Morgan fingerprint density at radius 3 is 2.75 bits per heavy atom. The van der Waals surface area contributed by atoms with Crippen molar-refractivity contribution in [1.29, 1.82) is 0 Å². The van der Waals surface area contributed by atoms with Crippen molar-refractivity contribution in [2.45, 2.75) is 19.4 Å². The number of benzene rings is 2. The van der Waals surface area contributed by atoms with Crippen LogP contribution in [0.2, 0.25) is 0 Å². The molecule has 0 saturated carbocycles. The summed E-state index contributed by atoms with van der Waals surface area (Å²) in [4.78, 5) is 12.1. The highest BCUT2D eigenvalue weighted by Gasteiger charge is 2.26. The molecule has 0 unspecified atom stereocenters. The topological polar surface area (TPSA) is 59.6 Å². The van der Waals surface area contributed by atoms with Crippen LogP contribution < -0.4 is 20.1 Å². The second kappa shape index (κ2) is 6.03.